The van der Waals surface area contributed by atoms with Crippen LogP contribution in [0.4, 0.5) is 5.69 Å². The number of ether oxygens (including phenoxy) is 3. The fraction of sp³-hybridized carbons (Fsp3) is 0.238. The number of hydrogen-bond donors (Lipinski definition) is 0. The molecule has 0 fully saturated rings. The summed E-state index contributed by atoms with van der Waals surface area (Å²) in [4.78, 5) is 19.5. The molecule has 0 radical (unpaired) electrons. The first-order valence-corrected chi connectivity index (χ1v) is 9.44. The highest BCUT2D eigenvalue weighted by Gasteiger charge is 2.20. The molecule has 0 saturated carbocycles. The van der Waals surface area contributed by atoms with E-state index in [4.69, 9.17) is 14.2 Å². The molecule has 0 aliphatic heterocycles. The summed E-state index contributed by atoms with van der Waals surface area (Å²) in [5, 5.41) is 2.56. The second-order valence-electron chi connectivity index (χ2n) is 6.22. The van der Waals surface area contributed by atoms with Crippen molar-refractivity contribution < 1.29 is 19.0 Å². The molecule has 0 N–H and O–H groups in total. The van der Waals surface area contributed by atoms with Crippen molar-refractivity contribution in [3.63, 3.8) is 0 Å². The second kappa shape index (κ2) is 8.31. The molecule has 28 heavy (non-hydrogen) atoms. The van der Waals surface area contributed by atoms with Gasteiger partial charge in [-0.3, -0.25) is 4.79 Å². The van der Waals surface area contributed by atoms with Gasteiger partial charge < -0.3 is 19.1 Å². The number of benzene rings is 2. The van der Waals surface area contributed by atoms with Crippen molar-refractivity contribution in [2.75, 3.05) is 40.3 Å². The van der Waals surface area contributed by atoms with E-state index in [1.54, 1.807) is 17.5 Å². The lowest BCUT2D eigenvalue weighted by atomic mass is 10.1. The van der Waals surface area contributed by atoms with Gasteiger partial charge in [0.1, 0.15) is 10.7 Å². The van der Waals surface area contributed by atoms with Crippen molar-refractivity contribution in [3.05, 3.63) is 53.0 Å². The average Bonchev–Trinajstić information content (AvgIpc) is 3.22. The van der Waals surface area contributed by atoms with Gasteiger partial charge in [-0.2, -0.15) is 0 Å². The van der Waals surface area contributed by atoms with Crippen LogP contribution in [0.1, 0.15) is 16.1 Å². The Hall–Kier alpha value is -3.06. The summed E-state index contributed by atoms with van der Waals surface area (Å²) in [5.74, 6) is 1.10. The maximum atomic E-state index is 13.0. The Balaban J connectivity index is 1.92. The average molecular weight is 398 g/mol. The molecule has 0 aliphatic rings. The van der Waals surface area contributed by atoms with E-state index in [-0.39, 0.29) is 5.78 Å². The van der Waals surface area contributed by atoms with Crippen LogP contribution in [0.2, 0.25) is 0 Å². The van der Waals surface area contributed by atoms with Crippen LogP contribution in [0.15, 0.2) is 41.8 Å². The van der Waals surface area contributed by atoms with E-state index in [2.05, 4.69) is 4.98 Å². The summed E-state index contributed by atoms with van der Waals surface area (Å²) in [7, 11) is 8.54. The fourth-order valence-corrected chi connectivity index (χ4v) is 3.58. The molecule has 6 nitrogen and oxygen atoms in total. The lowest BCUT2D eigenvalue weighted by molar-refractivity contribution is 0.103. The first-order chi connectivity index (χ1) is 13.5. The Morgan fingerprint density at radius 1 is 0.964 bits per heavy atom. The minimum atomic E-state index is -0.202. The van der Waals surface area contributed by atoms with Gasteiger partial charge in [0.15, 0.2) is 11.5 Å². The molecule has 0 aliphatic carbocycles. The van der Waals surface area contributed by atoms with Crippen molar-refractivity contribution in [3.8, 4) is 27.8 Å². The van der Waals surface area contributed by atoms with E-state index in [1.807, 2.05) is 43.3 Å². The topological polar surface area (TPSA) is 60.9 Å². The summed E-state index contributed by atoms with van der Waals surface area (Å²) in [6, 6.07) is 11.3. The summed E-state index contributed by atoms with van der Waals surface area (Å²) in [6.45, 7) is 0. The highest BCUT2D eigenvalue weighted by molar-refractivity contribution is 7.13. The summed E-state index contributed by atoms with van der Waals surface area (Å²) < 4.78 is 16.0. The van der Waals surface area contributed by atoms with Crippen LogP contribution >= 0.6 is 11.3 Å². The SMILES string of the molecule is COc1cc(C(=O)c2csc(-c3ccc(N(C)C)cc3)n2)cc(OC)c1OC. The molecule has 0 spiro atoms. The fourth-order valence-electron chi connectivity index (χ4n) is 2.77. The van der Waals surface area contributed by atoms with Gasteiger partial charge in [-0.15, -0.1) is 11.3 Å². The largest absolute Gasteiger partial charge is 0.493 e. The van der Waals surface area contributed by atoms with Crippen LogP contribution < -0.4 is 19.1 Å². The van der Waals surface area contributed by atoms with Gasteiger partial charge in [0.25, 0.3) is 0 Å². The number of carbonyl (C=O) groups excluding carboxylic acids is 1. The van der Waals surface area contributed by atoms with Crippen LogP contribution in [-0.4, -0.2) is 46.2 Å². The number of carbonyl (C=O) groups is 1. The number of methoxy groups -OCH3 is 3. The molecule has 0 saturated heterocycles. The second-order valence-corrected chi connectivity index (χ2v) is 7.08. The Kier molecular flexibility index (Phi) is 5.84. The lowest BCUT2D eigenvalue weighted by Gasteiger charge is -2.13. The summed E-state index contributed by atoms with van der Waals surface area (Å²) in [6.07, 6.45) is 0. The molecule has 1 aromatic heterocycles. The Labute approximate surface area is 168 Å². The predicted octanol–water partition coefficient (Wildman–Crippen LogP) is 4.13. The number of anilines is 1. The van der Waals surface area contributed by atoms with Gasteiger partial charge in [0.05, 0.1) is 21.3 Å². The molecule has 0 unspecified atom stereocenters. The molecule has 0 atom stereocenters. The van der Waals surface area contributed by atoms with Gasteiger partial charge >= 0.3 is 0 Å². The third kappa shape index (κ3) is 3.80. The molecule has 3 rings (SSSR count). The first kappa shape index (κ1) is 19.7. The molecule has 3 aromatic rings. The highest BCUT2D eigenvalue weighted by atomic mass is 32.1. The summed E-state index contributed by atoms with van der Waals surface area (Å²) in [5.41, 5.74) is 2.88. The Bertz CT molecular complexity index is 955. The monoisotopic (exact) mass is 398 g/mol. The van der Waals surface area contributed by atoms with Crippen molar-refractivity contribution in [1.29, 1.82) is 0 Å². The number of ketones is 1. The molecular formula is C21H22N2O4S. The zero-order valence-corrected chi connectivity index (χ0v) is 17.3. The van der Waals surface area contributed by atoms with E-state index < -0.39 is 0 Å². The Morgan fingerprint density at radius 2 is 1.57 bits per heavy atom. The molecular weight excluding hydrogens is 376 g/mol. The van der Waals surface area contributed by atoms with Gasteiger partial charge in [0, 0.05) is 36.3 Å². The quantitative estimate of drug-likeness (QED) is 0.558. The van der Waals surface area contributed by atoms with E-state index in [9.17, 15) is 4.79 Å². The van der Waals surface area contributed by atoms with E-state index in [0.29, 0.717) is 28.5 Å². The smallest absolute Gasteiger partial charge is 0.212 e. The third-order valence-electron chi connectivity index (χ3n) is 4.29. The number of nitrogens with zero attached hydrogens (tertiary/aromatic N) is 2. The number of hydrogen-bond acceptors (Lipinski definition) is 7. The molecule has 0 amide bonds. The van der Waals surface area contributed by atoms with E-state index in [0.717, 1.165) is 16.3 Å². The lowest BCUT2D eigenvalue weighted by Crippen LogP contribution is -2.07. The molecule has 2 aromatic carbocycles. The third-order valence-corrected chi connectivity index (χ3v) is 5.19. The van der Waals surface area contributed by atoms with Crippen LogP contribution in [-0.2, 0) is 0 Å². The Morgan fingerprint density at radius 3 is 2.07 bits per heavy atom. The van der Waals surface area contributed by atoms with E-state index in [1.165, 1.54) is 32.7 Å². The van der Waals surface area contributed by atoms with Crippen LogP contribution in [0.5, 0.6) is 17.2 Å². The standard InChI is InChI=1S/C21H22N2O4S/c1-23(2)15-8-6-13(7-9-15)21-22-16(12-28-21)19(24)14-10-17(25-3)20(27-5)18(11-14)26-4/h6-12H,1-5H3. The zero-order valence-electron chi connectivity index (χ0n) is 16.5. The molecule has 0 bridgehead atoms. The van der Waals surface area contributed by atoms with Gasteiger partial charge in [0.2, 0.25) is 11.5 Å². The van der Waals surface area contributed by atoms with Gasteiger partial charge in [-0.1, -0.05) is 0 Å². The minimum Gasteiger partial charge on any atom is -0.493 e. The zero-order chi connectivity index (χ0) is 20.3. The normalized spacial score (nSPS) is 10.5. The number of thiazole rings is 1. The van der Waals surface area contributed by atoms with Crippen LogP contribution in [0.25, 0.3) is 10.6 Å². The van der Waals surface area contributed by atoms with Crippen molar-refractivity contribution in [2.45, 2.75) is 0 Å². The minimum absolute atomic E-state index is 0.202. The first-order valence-electron chi connectivity index (χ1n) is 8.56. The molecule has 7 heteroatoms. The van der Waals surface area contributed by atoms with Crippen LogP contribution in [0.3, 0.4) is 0 Å². The van der Waals surface area contributed by atoms with Crippen LogP contribution in [0, 0.1) is 0 Å². The number of aromatic nitrogens is 1. The predicted molar refractivity (Wildman–Crippen MR) is 111 cm³/mol. The number of rotatable bonds is 7. The maximum Gasteiger partial charge on any atom is 0.212 e. The van der Waals surface area contributed by atoms with Crippen molar-refractivity contribution >= 4 is 22.8 Å². The van der Waals surface area contributed by atoms with E-state index >= 15 is 0 Å². The van der Waals surface area contributed by atoms with Gasteiger partial charge in [-0.25, -0.2) is 4.98 Å². The highest BCUT2D eigenvalue weighted by Crippen LogP contribution is 2.39. The van der Waals surface area contributed by atoms with Gasteiger partial charge in [-0.05, 0) is 36.4 Å². The molecule has 1 heterocycles. The molecule has 146 valence electrons. The van der Waals surface area contributed by atoms with Crippen molar-refractivity contribution in [2.24, 2.45) is 0 Å². The maximum absolute atomic E-state index is 13.0. The summed E-state index contributed by atoms with van der Waals surface area (Å²) >= 11 is 1.43. The van der Waals surface area contributed by atoms with Crippen molar-refractivity contribution in [1.82, 2.24) is 4.98 Å².